The molecule has 0 saturated heterocycles. The Hall–Kier alpha value is -1.09. The van der Waals surface area contributed by atoms with Crippen molar-refractivity contribution in [2.24, 2.45) is 0 Å². The number of carbonyl (C=O) groups is 1. The van der Waals surface area contributed by atoms with E-state index in [1.54, 1.807) is 0 Å². The van der Waals surface area contributed by atoms with Gasteiger partial charge in [-0.05, 0) is 53.7 Å². The fourth-order valence-electron chi connectivity index (χ4n) is 3.85. The molecule has 1 aromatic rings. The minimum absolute atomic E-state index is 0.224. The third-order valence-electron chi connectivity index (χ3n) is 4.97. The first-order chi connectivity index (χ1) is 10.7. The lowest BCUT2D eigenvalue weighted by Gasteiger charge is -2.42. The first kappa shape index (κ1) is 20.0. The highest BCUT2D eigenvalue weighted by atomic mass is 28.4. The van der Waals surface area contributed by atoms with E-state index < -0.39 is 8.32 Å². The van der Waals surface area contributed by atoms with E-state index in [2.05, 4.69) is 48.5 Å². The van der Waals surface area contributed by atoms with Crippen LogP contribution in [0.4, 0.5) is 0 Å². The Kier molecular flexibility index (Phi) is 7.06. The van der Waals surface area contributed by atoms with Gasteiger partial charge in [0.25, 0.3) is 8.32 Å². The number of rotatable bonds is 8. The lowest BCUT2D eigenvalue weighted by molar-refractivity contribution is 0.0981. The number of Topliss-reactive ketones (excluding diaryl/α,β-unsaturated/α-hetero) is 1. The third-order valence-corrected chi connectivity index (χ3v) is 11.0. The second kappa shape index (κ2) is 8.14. The van der Waals surface area contributed by atoms with Crippen LogP contribution in [0.3, 0.4) is 0 Å². The molecule has 0 amide bonds. The van der Waals surface area contributed by atoms with Crippen LogP contribution >= 0.6 is 0 Å². The van der Waals surface area contributed by atoms with Gasteiger partial charge in [-0.3, -0.25) is 4.79 Å². The van der Waals surface area contributed by atoms with E-state index in [4.69, 9.17) is 4.43 Å². The molecule has 0 atom stereocenters. The first-order valence-electron chi connectivity index (χ1n) is 8.99. The zero-order valence-corrected chi connectivity index (χ0v) is 17.2. The highest BCUT2D eigenvalue weighted by Gasteiger charge is 2.47. The summed E-state index contributed by atoms with van der Waals surface area (Å²) in [7, 11) is -1.94. The molecular weight excluding hydrogens is 300 g/mol. The average molecular weight is 335 g/mol. The zero-order valence-electron chi connectivity index (χ0n) is 16.2. The Bertz CT molecular complexity index is 511. The maximum absolute atomic E-state index is 12.1. The van der Waals surface area contributed by atoms with Gasteiger partial charge in [0.2, 0.25) is 0 Å². The van der Waals surface area contributed by atoms with Crippen LogP contribution in [0, 0.1) is 6.92 Å². The molecule has 0 spiro atoms. The van der Waals surface area contributed by atoms with Gasteiger partial charge in [0, 0.05) is 12.0 Å². The molecule has 0 aliphatic rings. The van der Waals surface area contributed by atoms with Gasteiger partial charge < -0.3 is 4.43 Å². The molecular formula is C20H34O2Si. The second-order valence-electron chi connectivity index (χ2n) is 7.57. The Morgan fingerprint density at radius 3 is 1.96 bits per heavy atom. The van der Waals surface area contributed by atoms with Crippen LogP contribution in [0.2, 0.25) is 16.6 Å². The van der Waals surface area contributed by atoms with Crippen molar-refractivity contribution in [3.63, 3.8) is 0 Å². The molecule has 2 nitrogen and oxygen atoms in total. The molecule has 1 aromatic carbocycles. The summed E-state index contributed by atoms with van der Waals surface area (Å²) in [4.78, 5) is 12.1. The van der Waals surface area contributed by atoms with Crippen molar-refractivity contribution >= 4 is 14.1 Å². The van der Waals surface area contributed by atoms with Crippen molar-refractivity contribution in [3.05, 3.63) is 29.3 Å². The lowest BCUT2D eigenvalue weighted by Crippen LogP contribution is -2.50. The summed E-state index contributed by atoms with van der Waals surface area (Å²) in [5.41, 5.74) is 3.52. The van der Waals surface area contributed by atoms with Gasteiger partial charge in [-0.15, -0.1) is 0 Å². The van der Waals surface area contributed by atoms with Crippen molar-refractivity contribution in [1.29, 1.82) is 0 Å². The topological polar surface area (TPSA) is 26.3 Å². The van der Waals surface area contributed by atoms with Gasteiger partial charge in [-0.2, -0.15) is 0 Å². The maximum atomic E-state index is 12.1. The number of aryl methyl sites for hydroxylation is 1. The van der Waals surface area contributed by atoms with Crippen molar-refractivity contribution in [1.82, 2.24) is 0 Å². The normalized spacial score (nSPS) is 12.3. The SMILES string of the molecule is CCCC(=O)c1ccc(O[Si](C(C)C)(C(C)C)C(C)C)c(C)c1. The quantitative estimate of drug-likeness (QED) is 0.399. The molecule has 0 fully saturated rings. The summed E-state index contributed by atoms with van der Waals surface area (Å²) in [5.74, 6) is 1.18. The van der Waals surface area contributed by atoms with Crippen LogP contribution in [0.1, 0.15) is 77.2 Å². The van der Waals surface area contributed by atoms with Crippen LogP contribution in [-0.4, -0.2) is 14.1 Å². The molecule has 0 aliphatic heterocycles. The van der Waals surface area contributed by atoms with Crippen LogP contribution in [0.15, 0.2) is 18.2 Å². The summed E-state index contributed by atoms with van der Waals surface area (Å²) < 4.78 is 6.74. The molecule has 0 aliphatic carbocycles. The third kappa shape index (κ3) is 4.26. The highest BCUT2D eigenvalue weighted by molar-refractivity contribution is 6.78. The predicted molar refractivity (Wildman–Crippen MR) is 102 cm³/mol. The minimum Gasteiger partial charge on any atom is -0.543 e. The molecule has 1 rings (SSSR count). The van der Waals surface area contributed by atoms with Crippen molar-refractivity contribution in [3.8, 4) is 5.75 Å². The Labute approximate surface area is 143 Å². The summed E-state index contributed by atoms with van der Waals surface area (Å²) in [6.45, 7) is 17.8. The van der Waals surface area contributed by atoms with Gasteiger partial charge in [-0.25, -0.2) is 0 Å². The molecule has 130 valence electrons. The van der Waals surface area contributed by atoms with Crippen LogP contribution in [0.5, 0.6) is 5.75 Å². The summed E-state index contributed by atoms with van der Waals surface area (Å²) in [6, 6.07) is 5.93. The van der Waals surface area contributed by atoms with Crippen molar-refractivity contribution in [2.75, 3.05) is 0 Å². The second-order valence-corrected chi connectivity index (χ2v) is 12.9. The van der Waals surface area contributed by atoms with E-state index in [-0.39, 0.29) is 5.78 Å². The monoisotopic (exact) mass is 334 g/mol. The molecule has 0 bridgehead atoms. The van der Waals surface area contributed by atoms with Gasteiger partial charge in [-0.1, -0.05) is 48.5 Å². The van der Waals surface area contributed by atoms with Crippen molar-refractivity contribution < 1.29 is 9.22 Å². The number of hydrogen-bond donors (Lipinski definition) is 0. The number of carbonyl (C=O) groups excluding carboxylic acids is 1. The lowest BCUT2D eigenvalue weighted by atomic mass is 10.0. The Morgan fingerprint density at radius 2 is 1.57 bits per heavy atom. The van der Waals surface area contributed by atoms with E-state index in [1.165, 1.54) is 0 Å². The molecule has 23 heavy (non-hydrogen) atoms. The van der Waals surface area contributed by atoms with Crippen molar-refractivity contribution in [2.45, 2.75) is 84.9 Å². The smallest absolute Gasteiger partial charge is 0.258 e. The number of hydrogen-bond acceptors (Lipinski definition) is 2. The molecule has 0 N–H and O–H groups in total. The molecule has 0 unspecified atom stereocenters. The fraction of sp³-hybridized carbons (Fsp3) is 0.650. The fourth-order valence-corrected chi connectivity index (χ4v) is 9.17. The molecule has 0 saturated carbocycles. The first-order valence-corrected chi connectivity index (χ1v) is 11.1. The van der Waals surface area contributed by atoms with E-state index in [9.17, 15) is 4.79 Å². The number of benzene rings is 1. The average Bonchev–Trinajstić information content (AvgIpc) is 2.44. The predicted octanol–water partition coefficient (Wildman–Crippen LogP) is 6.53. The number of ketones is 1. The summed E-state index contributed by atoms with van der Waals surface area (Å²) in [5, 5.41) is 0. The Morgan fingerprint density at radius 1 is 1.04 bits per heavy atom. The zero-order chi connectivity index (χ0) is 17.8. The van der Waals surface area contributed by atoms with Gasteiger partial charge in [0.15, 0.2) is 5.78 Å². The van der Waals surface area contributed by atoms with E-state index >= 15 is 0 Å². The van der Waals surface area contributed by atoms with Gasteiger partial charge in [0.05, 0.1) is 0 Å². The van der Waals surface area contributed by atoms with Crippen LogP contribution in [-0.2, 0) is 0 Å². The summed E-state index contributed by atoms with van der Waals surface area (Å²) >= 11 is 0. The molecule has 0 heterocycles. The van der Waals surface area contributed by atoms with E-state index in [0.717, 1.165) is 23.3 Å². The van der Waals surface area contributed by atoms with Crippen LogP contribution < -0.4 is 4.43 Å². The van der Waals surface area contributed by atoms with Gasteiger partial charge in [0.1, 0.15) is 5.75 Å². The minimum atomic E-state index is -1.94. The van der Waals surface area contributed by atoms with Crippen LogP contribution in [0.25, 0.3) is 0 Å². The standard InChI is InChI=1S/C20H34O2Si/c1-9-10-19(21)18-11-12-20(17(8)13-18)22-23(14(2)3,15(4)5)16(6)7/h11-16H,9-10H2,1-8H3. The Balaban J connectivity index is 3.18. The molecule has 0 aromatic heterocycles. The largest absolute Gasteiger partial charge is 0.543 e. The maximum Gasteiger partial charge on any atom is 0.258 e. The molecule has 3 heteroatoms. The summed E-state index contributed by atoms with van der Waals surface area (Å²) in [6.07, 6.45) is 1.50. The van der Waals surface area contributed by atoms with Gasteiger partial charge >= 0.3 is 0 Å². The highest BCUT2D eigenvalue weighted by Crippen LogP contribution is 2.43. The van der Waals surface area contributed by atoms with E-state index in [1.807, 2.05) is 25.1 Å². The molecule has 0 radical (unpaired) electrons. The van der Waals surface area contributed by atoms with E-state index in [0.29, 0.717) is 23.0 Å².